The van der Waals surface area contributed by atoms with Crippen LogP contribution in [0.5, 0.6) is 0 Å². The second-order valence-electron chi connectivity index (χ2n) is 9.43. The first-order chi connectivity index (χ1) is 23.9. The third-order valence-corrected chi connectivity index (χ3v) is 11.8. The number of rotatable bonds is 18. The molecule has 0 aliphatic rings. The lowest BCUT2D eigenvalue weighted by Crippen LogP contribution is -2.15. The van der Waals surface area contributed by atoms with Crippen LogP contribution in [0.15, 0.2) is 88.6 Å². The van der Waals surface area contributed by atoms with E-state index in [1.807, 2.05) is 0 Å². The lowest BCUT2D eigenvalue weighted by Gasteiger charge is -2.11. The van der Waals surface area contributed by atoms with Crippen LogP contribution in [0.1, 0.15) is 0 Å². The van der Waals surface area contributed by atoms with E-state index in [2.05, 4.69) is 38.2 Å². The Morgan fingerprint density at radius 1 is 0.635 bits per heavy atom. The molecule has 0 aliphatic carbocycles. The first kappa shape index (κ1) is 42.7. The Hall–Kier alpha value is -3.76. The van der Waals surface area contributed by atoms with Gasteiger partial charge in [0.1, 0.15) is 22.0 Å². The molecule has 0 saturated heterocycles. The molecule has 3 aromatic rings. The number of anilines is 2. The minimum absolute atomic E-state index is 0.0419. The van der Waals surface area contributed by atoms with Gasteiger partial charge in [-0.25, -0.2) is 30.5 Å². The number of sulfone groups is 2. The monoisotopic (exact) mass is 852 g/mol. The van der Waals surface area contributed by atoms with Crippen LogP contribution in [0.4, 0.5) is 34.1 Å². The summed E-state index contributed by atoms with van der Waals surface area (Å²) < 4.78 is 157. The largest absolute Gasteiger partial charge is 0.397 e. The summed E-state index contributed by atoms with van der Waals surface area (Å²) in [6, 6.07) is 8.08. The number of nitrogen functional groups attached to an aromatic ring is 2. The first-order valence-electron chi connectivity index (χ1n) is 13.0. The Labute approximate surface area is 299 Å². The topological polar surface area (TPSA) is 390 Å². The van der Waals surface area contributed by atoms with Crippen molar-refractivity contribution in [3.63, 3.8) is 0 Å². The number of nitrogens with two attached hydrogens (primary N) is 2. The van der Waals surface area contributed by atoms with E-state index in [0.717, 1.165) is 42.5 Å². The highest BCUT2D eigenvalue weighted by Crippen LogP contribution is 2.43. The molecule has 8 N–H and O–H groups in total. The van der Waals surface area contributed by atoms with Gasteiger partial charge in [-0.1, -0.05) is 5.04 Å². The van der Waals surface area contributed by atoms with Crippen LogP contribution in [-0.4, -0.2) is 85.7 Å². The molecular weight excluding hydrogens is 829 g/mol. The van der Waals surface area contributed by atoms with Gasteiger partial charge in [-0.15, -0.1) is 19.7 Å². The van der Waals surface area contributed by atoms with Crippen LogP contribution in [0, 0.1) is 0 Å². The van der Waals surface area contributed by atoms with E-state index in [4.69, 9.17) is 25.8 Å². The van der Waals surface area contributed by atoms with E-state index in [0.29, 0.717) is 6.07 Å². The van der Waals surface area contributed by atoms with Crippen molar-refractivity contribution in [2.45, 2.75) is 19.6 Å². The molecule has 0 bridgehead atoms. The number of benzene rings is 3. The SMILES string of the molecule is Nc1c(/N=N/c2ccc(S(=O)(=O)CCOS(=O)(=O)O)cc2SOOO)cc(S(=O)(=O)O)c(N)c1/N=N/c1ccc(S(=O)(=O)CCOS(=O)(=O)O)cc1. The molecule has 0 atom stereocenters. The van der Waals surface area contributed by atoms with Crippen molar-refractivity contribution in [1.29, 1.82) is 0 Å². The van der Waals surface area contributed by atoms with Crippen LogP contribution < -0.4 is 11.5 Å². The van der Waals surface area contributed by atoms with E-state index in [-0.39, 0.29) is 33.2 Å². The molecule has 0 unspecified atom stereocenters. The Bertz CT molecular complexity index is 2420. The summed E-state index contributed by atoms with van der Waals surface area (Å²) in [5.74, 6) is -1.73. The zero-order valence-electron chi connectivity index (χ0n) is 25.3. The van der Waals surface area contributed by atoms with Gasteiger partial charge in [-0.3, -0.25) is 13.7 Å². The molecule has 286 valence electrons. The highest BCUT2D eigenvalue weighted by molar-refractivity contribution is 7.95. The predicted octanol–water partition coefficient (Wildman–Crippen LogP) is 2.54. The molecule has 3 aromatic carbocycles. The zero-order chi connectivity index (χ0) is 39.1. The van der Waals surface area contributed by atoms with E-state index >= 15 is 0 Å². The molecule has 24 nitrogen and oxygen atoms in total. The molecule has 0 radical (unpaired) electrons. The minimum Gasteiger partial charge on any atom is -0.396 e. The molecule has 30 heteroatoms. The first-order valence-corrected chi connectivity index (χ1v) is 21.3. The van der Waals surface area contributed by atoms with Crippen molar-refractivity contribution in [3.05, 3.63) is 48.5 Å². The van der Waals surface area contributed by atoms with Crippen molar-refractivity contribution in [3.8, 4) is 0 Å². The standard InChI is InChI=1S/C22H24N6O18S6/c23-20-17(27-26-16-6-5-15(11-18(16)47-46-45-29)49(32,33)10-8-44-52(40,41)42)12-19(50(34,35)36)21(24)22(20)28-25-13-1-3-14(4-2-13)48(30,31)9-7-43-51(37,38)39/h1-6,11-12,29H,7-10,23-24H2,(H,34,35,36)(H,37,38,39)(H,40,41,42)/b27-26+,28-25+. The fourth-order valence-corrected chi connectivity index (χ4v) is 7.81. The van der Waals surface area contributed by atoms with Gasteiger partial charge >= 0.3 is 20.8 Å². The molecule has 0 heterocycles. The van der Waals surface area contributed by atoms with Crippen molar-refractivity contribution < 1.29 is 78.7 Å². The molecule has 52 heavy (non-hydrogen) atoms. The summed E-state index contributed by atoms with van der Waals surface area (Å²) in [4.78, 5) is -1.91. The van der Waals surface area contributed by atoms with Gasteiger partial charge in [0.2, 0.25) is 0 Å². The molecule has 0 saturated carbocycles. The summed E-state index contributed by atoms with van der Waals surface area (Å²) in [5, 5.41) is 27.4. The third-order valence-electron chi connectivity index (χ3n) is 5.94. The van der Waals surface area contributed by atoms with E-state index in [1.54, 1.807) is 0 Å². The summed E-state index contributed by atoms with van der Waals surface area (Å²) >= 11 is 0.214. The third kappa shape index (κ3) is 12.4. The highest BCUT2D eigenvalue weighted by atomic mass is 32.3. The number of hydrogen-bond acceptors (Lipinski definition) is 22. The van der Waals surface area contributed by atoms with Gasteiger partial charge in [-0.2, -0.15) is 30.4 Å². The van der Waals surface area contributed by atoms with E-state index in [9.17, 15) is 46.6 Å². The van der Waals surface area contributed by atoms with Gasteiger partial charge < -0.3 is 11.5 Å². The predicted molar refractivity (Wildman–Crippen MR) is 176 cm³/mol. The second-order valence-corrected chi connectivity index (χ2v) is 18.0. The highest BCUT2D eigenvalue weighted by Gasteiger charge is 2.24. The smallest absolute Gasteiger partial charge is 0.396 e. The van der Waals surface area contributed by atoms with Crippen molar-refractivity contribution in [2.75, 3.05) is 36.2 Å². The minimum atomic E-state index is -5.07. The Morgan fingerprint density at radius 3 is 1.67 bits per heavy atom. The van der Waals surface area contributed by atoms with Crippen molar-refractivity contribution in [1.82, 2.24) is 0 Å². The fraction of sp³-hybridized carbons (Fsp3) is 0.182. The molecule has 3 rings (SSSR count). The maximum Gasteiger partial charge on any atom is 0.397 e. The molecule has 0 aromatic heterocycles. The van der Waals surface area contributed by atoms with Gasteiger partial charge in [-0.05, 0) is 48.5 Å². The van der Waals surface area contributed by atoms with Crippen LogP contribution >= 0.6 is 12.0 Å². The van der Waals surface area contributed by atoms with E-state index < -0.39 is 108 Å². The molecular formula is C22H24N6O18S6. The Kier molecular flexibility index (Phi) is 13.9. The molecule has 0 spiro atoms. The van der Waals surface area contributed by atoms with Crippen molar-refractivity contribution in [2.24, 2.45) is 20.5 Å². The second kappa shape index (κ2) is 16.9. The van der Waals surface area contributed by atoms with Gasteiger partial charge in [0.25, 0.3) is 10.1 Å². The fourth-order valence-electron chi connectivity index (χ4n) is 3.63. The maximum atomic E-state index is 12.6. The zero-order valence-corrected chi connectivity index (χ0v) is 30.2. The Balaban J connectivity index is 1.99. The summed E-state index contributed by atoms with van der Waals surface area (Å²) in [6.45, 7) is -1.82. The summed E-state index contributed by atoms with van der Waals surface area (Å²) in [6.07, 6.45) is 0. The lowest BCUT2D eigenvalue weighted by molar-refractivity contribution is -0.432. The van der Waals surface area contributed by atoms with Crippen LogP contribution in [-0.2, 0) is 68.3 Å². The average molecular weight is 853 g/mol. The van der Waals surface area contributed by atoms with Crippen molar-refractivity contribution >= 4 is 96.8 Å². The lowest BCUT2D eigenvalue weighted by atomic mass is 10.2. The quantitative estimate of drug-likeness (QED) is 0.0267. The molecule has 0 aliphatic heterocycles. The normalized spacial score (nSPS) is 13.3. The molecule has 0 fully saturated rings. The number of azo groups is 2. The van der Waals surface area contributed by atoms with Gasteiger partial charge in [0, 0.05) is 0 Å². The average Bonchev–Trinajstić information content (AvgIpc) is 3.01. The van der Waals surface area contributed by atoms with E-state index in [1.165, 1.54) is 0 Å². The molecule has 0 amide bonds. The van der Waals surface area contributed by atoms with Gasteiger partial charge in [0.15, 0.2) is 19.7 Å². The number of hydrogen-bond donors (Lipinski definition) is 6. The van der Waals surface area contributed by atoms with Gasteiger partial charge in [0.05, 0.1) is 68.5 Å². The van der Waals surface area contributed by atoms with Crippen LogP contribution in [0.2, 0.25) is 0 Å². The van der Waals surface area contributed by atoms with Crippen LogP contribution in [0.25, 0.3) is 0 Å². The summed E-state index contributed by atoms with van der Waals surface area (Å²) in [7, 11) is -23.2. The number of nitrogens with zero attached hydrogens (tertiary/aromatic N) is 4. The Morgan fingerprint density at radius 2 is 1.15 bits per heavy atom. The summed E-state index contributed by atoms with van der Waals surface area (Å²) in [5.41, 5.74) is 9.55. The van der Waals surface area contributed by atoms with Crippen LogP contribution in [0.3, 0.4) is 0 Å². The maximum absolute atomic E-state index is 12.6.